The van der Waals surface area contributed by atoms with Crippen LogP contribution in [0.5, 0.6) is 5.75 Å². The molecule has 0 amide bonds. The molecule has 188 valence electrons. The molecule has 0 atom stereocenters. The topological polar surface area (TPSA) is 57.8 Å². The Hall–Kier alpha value is -3.42. The Balaban J connectivity index is 1.97. The maximum atomic E-state index is 13.9. The fraction of sp³-hybridized carbons (Fsp3) is 0.310. The number of ether oxygens (including phenoxy) is 2. The lowest BCUT2D eigenvalue weighted by Crippen LogP contribution is -2.26. The van der Waals surface area contributed by atoms with E-state index in [0.29, 0.717) is 24.5 Å². The fourth-order valence-electron chi connectivity index (χ4n) is 4.33. The first-order chi connectivity index (χ1) is 17.1. The van der Waals surface area contributed by atoms with Gasteiger partial charge in [0, 0.05) is 31.5 Å². The van der Waals surface area contributed by atoms with Crippen molar-refractivity contribution in [3.63, 3.8) is 0 Å². The van der Waals surface area contributed by atoms with Crippen LogP contribution in [-0.4, -0.2) is 36.0 Å². The molecule has 4 aromatic rings. The lowest BCUT2D eigenvalue weighted by Gasteiger charge is -2.20. The van der Waals surface area contributed by atoms with Gasteiger partial charge in [-0.3, -0.25) is 4.79 Å². The normalized spacial score (nSPS) is 11.7. The molecule has 0 aliphatic carbocycles. The van der Waals surface area contributed by atoms with Gasteiger partial charge in [0.15, 0.2) is 0 Å². The Morgan fingerprint density at radius 3 is 2.28 bits per heavy atom. The lowest BCUT2D eigenvalue weighted by atomic mass is 10.0. The summed E-state index contributed by atoms with van der Waals surface area (Å²) < 4.78 is 15.1. The molecule has 0 aliphatic heterocycles. The quantitative estimate of drug-likeness (QED) is 0.194. The number of benzene rings is 2. The van der Waals surface area contributed by atoms with Crippen molar-refractivity contribution in [3.8, 4) is 28.1 Å². The molecule has 0 aliphatic rings. The van der Waals surface area contributed by atoms with Crippen molar-refractivity contribution in [1.29, 1.82) is 0 Å². The van der Waals surface area contributed by atoms with E-state index < -0.39 is 8.07 Å². The van der Waals surface area contributed by atoms with Crippen LogP contribution in [0.3, 0.4) is 0 Å². The van der Waals surface area contributed by atoms with Crippen molar-refractivity contribution >= 4 is 19.3 Å². The summed E-state index contributed by atoms with van der Waals surface area (Å²) in [7, 11) is 0.389. The molecule has 0 unspecified atom stereocenters. The van der Waals surface area contributed by atoms with Crippen molar-refractivity contribution in [2.75, 3.05) is 13.7 Å². The van der Waals surface area contributed by atoms with Crippen LogP contribution < -0.4 is 10.3 Å². The average Bonchev–Trinajstić information content (AvgIpc) is 3.25. The van der Waals surface area contributed by atoms with Crippen LogP contribution in [-0.2, 0) is 11.5 Å². The second-order valence-electron chi connectivity index (χ2n) is 10.4. The monoisotopic (exact) mass is 501 g/mol. The third-order valence-electron chi connectivity index (χ3n) is 6.36. The first-order valence-electron chi connectivity index (χ1n) is 12.2. The van der Waals surface area contributed by atoms with Crippen molar-refractivity contribution in [2.24, 2.45) is 0 Å². The van der Waals surface area contributed by atoms with Crippen LogP contribution in [0.2, 0.25) is 25.7 Å². The van der Waals surface area contributed by atoms with E-state index in [-0.39, 0.29) is 5.56 Å². The van der Waals surface area contributed by atoms with Crippen LogP contribution in [0, 0.1) is 6.92 Å². The predicted octanol–water partition coefficient (Wildman–Crippen LogP) is 6.49. The number of nitrogens with zero attached hydrogens (tertiary/aromatic N) is 3. The van der Waals surface area contributed by atoms with E-state index in [4.69, 9.17) is 14.6 Å². The summed E-state index contributed by atoms with van der Waals surface area (Å²) in [5.74, 6) is 0.738. The van der Waals surface area contributed by atoms with Gasteiger partial charge in [-0.1, -0.05) is 68.7 Å². The van der Waals surface area contributed by atoms with Crippen molar-refractivity contribution < 1.29 is 9.47 Å². The van der Waals surface area contributed by atoms with E-state index in [1.807, 2.05) is 68.4 Å². The molecule has 0 saturated heterocycles. The Labute approximate surface area is 213 Å². The average molecular weight is 502 g/mol. The minimum absolute atomic E-state index is 0.171. The van der Waals surface area contributed by atoms with Gasteiger partial charge in [0.05, 0.1) is 12.7 Å². The molecular weight excluding hydrogens is 466 g/mol. The van der Waals surface area contributed by atoms with E-state index in [0.717, 1.165) is 45.4 Å². The summed E-state index contributed by atoms with van der Waals surface area (Å²) in [5.41, 5.74) is 6.14. The molecule has 6 nitrogen and oxygen atoms in total. The number of hydrogen-bond acceptors (Lipinski definition) is 4. The lowest BCUT2D eigenvalue weighted by molar-refractivity contribution is 0.0877. The van der Waals surface area contributed by atoms with E-state index in [1.54, 1.807) is 7.11 Å². The minimum Gasteiger partial charge on any atom is -0.497 e. The smallest absolute Gasteiger partial charge is 0.282 e. The molecule has 36 heavy (non-hydrogen) atoms. The molecule has 0 saturated carbocycles. The number of rotatable bonds is 9. The summed E-state index contributed by atoms with van der Waals surface area (Å²) in [4.78, 5) is 13.9. The third kappa shape index (κ3) is 5.08. The van der Waals surface area contributed by atoms with Crippen LogP contribution in [0.15, 0.2) is 66.0 Å². The Morgan fingerprint density at radius 1 is 1.03 bits per heavy atom. The summed E-state index contributed by atoms with van der Waals surface area (Å²) >= 11 is 0. The zero-order chi connectivity index (χ0) is 26.0. The SMILES string of the molecule is C=C(C)c1c(-c2ccccc2)nn2c(=O)c(-c3ccc(OC)cc3)c(C)n(COCC[Si](C)(C)C)c12. The maximum absolute atomic E-state index is 13.9. The van der Waals surface area contributed by atoms with Crippen LogP contribution in [0.4, 0.5) is 0 Å². The summed E-state index contributed by atoms with van der Waals surface area (Å²) in [5, 5.41) is 4.84. The van der Waals surface area contributed by atoms with Crippen molar-refractivity contribution in [3.05, 3.63) is 82.8 Å². The largest absolute Gasteiger partial charge is 0.497 e. The molecule has 0 bridgehead atoms. The number of methoxy groups -OCH3 is 1. The van der Waals surface area contributed by atoms with Crippen molar-refractivity contribution in [2.45, 2.75) is 46.3 Å². The van der Waals surface area contributed by atoms with Gasteiger partial charge in [0.25, 0.3) is 5.56 Å². The van der Waals surface area contributed by atoms with E-state index >= 15 is 0 Å². The molecule has 2 aromatic heterocycles. The highest BCUT2D eigenvalue weighted by atomic mass is 28.3. The second kappa shape index (κ2) is 10.3. The van der Waals surface area contributed by atoms with E-state index in [9.17, 15) is 4.79 Å². The summed E-state index contributed by atoms with van der Waals surface area (Å²) in [6.07, 6.45) is 0. The van der Waals surface area contributed by atoms with E-state index in [1.165, 1.54) is 4.52 Å². The van der Waals surface area contributed by atoms with Gasteiger partial charge in [-0.2, -0.15) is 9.61 Å². The van der Waals surface area contributed by atoms with Crippen LogP contribution >= 0.6 is 0 Å². The maximum Gasteiger partial charge on any atom is 0.282 e. The molecule has 0 spiro atoms. The van der Waals surface area contributed by atoms with Gasteiger partial charge in [-0.15, -0.1) is 0 Å². The Bertz CT molecular complexity index is 1450. The Morgan fingerprint density at radius 2 is 1.69 bits per heavy atom. The molecule has 2 heterocycles. The summed E-state index contributed by atoms with van der Waals surface area (Å²) in [6.45, 7) is 16.2. The highest BCUT2D eigenvalue weighted by molar-refractivity contribution is 6.76. The van der Waals surface area contributed by atoms with Gasteiger partial charge in [-0.25, -0.2) is 0 Å². The standard InChI is InChI=1S/C29H35N3O3Si/c1-20(2)25-27(23-11-9-8-10-12-23)30-32-28(25)31(19-35-17-18-36(5,6)7)21(3)26(29(32)33)22-13-15-24(34-4)16-14-22/h8-16H,1,17-19H2,2-7H3. The molecule has 0 fully saturated rings. The Kier molecular flexibility index (Phi) is 7.33. The van der Waals surface area contributed by atoms with Gasteiger partial charge in [0.2, 0.25) is 0 Å². The molecule has 4 rings (SSSR count). The van der Waals surface area contributed by atoms with Crippen molar-refractivity contribution in [1.82, 2.24) is 14.2 Å². The highest BCUT2D eigenvalue weighted by Crippen LogP contribution is 2.33. The second-order valence-corrected chi connectivity index (χ2v) is 16.0. The zero-order valence-electron chi connectivity index (χ0n) is 22.1. The molecule has 0 radical (unpaired) electrons. The number of aromatic nitrogens is 3. The molecule has 0 N–H and O–H groups in total. The first-order valence-corrected chi connectivity index (χ1v) is 15.9. The molecular formula is C29H35N3O3Si. The number of allylic oxidation sites excluding steroid dienone is 1. The van der Waals surface area contributed by atoms with Gasteiger partial charge in [-0.05, 0) is 43.2 Å². The number of hydrogen-bond donors (Lipinski definition) is 0. The minimum atomic E-state index is -1.24. The third-order valence-corrected chi connectivity index (χ3v) is 8.06. The van der Waals surface area contributed by atoms with Gasteiger partial charge < -0.3 is 14.0 Å². The van der Waals surface area contributed by atoms with Gasteiger partial charge in [0.1, 0.15) is 23.8 Å². The molecule has 7 heteroatoms. The predicted molar refractivity (Wildman–Crippen MR) is 150 cm³/mol. The van der Waals surface area contributed by atoms with Gasteiger partial charge >= 0.3 is 0 Å². The highest BCUT2D eigenvalue weighted by Gasteiger charge is 2.24. The first kappa shape index (κ1) is 25.7. The summed E-state index contributed by atoms with van der Waals surface area (Å²) in [6, 6.07) is 18.5. The van der Waals surface area contributed by atoms with E-state index in [2.05, 4.69) is 30.8 Å². The van der Waals surface area contributed by atoms with Crippen LogP contribution in [0.1, 0.15) is 18.2 Å². The fourth-order valence-corrected chi connectivity index (χ4v) is 5.08. The van der Waals surface area contributed by atoms with Crippen LogP contribution in [0.25, 0.3) is 33.6 Å². The molecule has 2 aromatic carbocycles. The number of fused-ring (bicyclic) bond motifs is 1. The zero-order valence-corrected chi connectivity index (χ0v) is 23.1.